The Hall–Kier alpha value is -8.15. The van der Waals surface area contributed by atoms with Crippen molar-refractivity contribution < 1.29 is 0 Å². The summed E-state index contributed by atoms with van der Waals surface area (Å²) in [6.45, 7) is 0. The average molecular weight is 808 g/mol. The largest absolute Gasteiger partial charge is 0.358 e. The van der Waals surface area contributed by atoms with E-state index in [1.165, 1.54) is 54.7 Å². The van der Waals surface area contributed by atoms with Gasteiger partial charge < -0.3 is 14.5 Å². The Kier molecular flexibility index (Phi) is 8.03. The minimum absolute atomic E-state index is 0.153. The highest BCUT2D eigenvalue weighted by molar-refractivity contribution is 6.09. The fraction of sp³-hybridized carbons (Fsp3) is 0.0517. The monoisotopic (exact) mass is 807 g/mol. The van der Waals surface area contributed by atoms with Crippen LogP contribution in [0.4, 0.5) is 17.2 Å². The van der Waals surface area contributed by atoms with Crippen molar-refractivity contribution in [1.29, 1.82) is 0 Å². The van der Waals surface area contributed by atoms with Crippen LogP contribution in [0.2, 0.25) is 0 Å². The number of aromatic nitrogens is 3. The van der Waals surface area contributed by atoms with Gasteiger partial charge in [-0.15, -0.1) is 0 Å². The van der Waals surface area contributed by atoms with Gasteiger partial charge in [0.05, 0.1) is 22.2 Å². The summed E-state index contributed by atoms with van der Waals surface area (Å²) in [4.78, 5) is 7.45. The molecule has 0 bridgehead atoms. The first-order valence-electron chi connectivity index (χ1n) is 21.9. The summed E-state index contributed by atoms with van der Waals surface area (Å²) in [7, 11) is 0. The molecule has 0 amide bonds. The van der Waals surface area contributed by atoms with Crippen LogP contribution < -0.4 is 10.2 Å². The number of anilines is 3. The molecule has 1 aliphatic carbocycles. The van der Waals surface area contributed by atoms with Gasteiger partial charge >= 0.3 is 0 Å². The normalized spacial score (nSPS) is 14.4. The number of hydrogen-bond donors (Lipinski definition) is 1. The van der Waals surface area contributed by atoms with Gasteiger partial charge in [-0.25, -0.2) is 4.98 Å². The molecule has 5 heteroatoms. The lowest BCUT2D eigenvalue weighted by Gasteiger charge is -2.26. The third kappa shape index (κ3) is 5.74. The molecule has 298 valence electrons. The van der Waals surface area contributed by atoms with E-state index in [4.69, 9.17) is 4.98 Å². The molecular formula is C58H41N5. The van der Waals surface area contributed by atoms with Gasteiger partial charge in [0.15, 0.2) is 5.82 Å². The SMILES string of the molecule is C1=Cc2c(c3ccccc3n2-c2cc(-c3ccc(C4Nc5cc(-c6ccc7ccccc7c6)cnc5N4c4ccccc4)cc3)cc(-n3c4ccccc4c4ccccc43)c2)CC1. The maximum atomic E-state index is 5.13. The first-order valence-corrected chi connectivity index (χ1v) is 21.9. The molecule has 5 nitrogen and oxygen atoms in total. The Morgan fingerprint density at radius 2 is 1.11 bits per heavy atom. The highest BCUT2D eigenvalue weighted by Crippen LogP contribution is 2.47. The van der Waals surface area contributed by atoms with E-state index in [0.29, 0.717) is 0 Å². The van der Waals surface area contributed by atoms with Crippen molar-refractivity contribution in [2.24, 2.45) is 0 Å². The zero-order chi connectivity index (χ0) is 41.4. The summed E-state index contributed by atoms with van der Waals surface area (Å²) in [5.74, 6) is 0.916. The number of fused-ring (bicyclic) bond motifs is 8. The molecule has 1 aliphatic heterocycles. The Labute approximate surface area is 365 Å². The lowest BCUT2D eigenvalue weighted by Crippen LogP contribution is -2.23. The first-order chi connectivity index (χ1) is 31.2. The molecule has 3 aromatic heterocycles. The third-order valence-electron chi connectivity index (χ3n) is 13.2. The molecule has 4 heterocycles. The minimum atomic E-state index is -0.153. The van der Waals surface area contributed by atoms with Gasteiger partial charge in [0.1, 0.15) is 6.17 Å². The van der Waals surface area contributed by atoms with Crippen molar-refractivity contribution in [3.63, 3.8) is 0 Å². The highest BCUT2D eigenvalue weighted by Gasteiger charge is 2.33. The predicted molar refractivity (Wildman–Crippen MR) is 263 cm³/mol. The van der Waals surface area contributed by atoms with Crippen molar-refractivity contribution in [3.05, 3.63) is 223 Å². The van der Waals surface area contributed by atoms with E-state index in [9.17, 15) is 0 Å². The van der Waals surface area contributed by atoms with E-state index in [1.54, 1.807) is 0 Å². The number of allylic oxidation sites excluding steroid dienone is 1. The van der Waals surface area contributed by atoms with Gasteiger partial charge in [-0.05, 0) is 118 Å². The number of rotatable bonds is 6. The molecule has 0 fully saturated rings. The molecule has 11 aromatic rings. The lowest BCUT2D eigenvalue weighted by atomic mass is 10.0. The summed E-state index contributed by atoms with van der Waals surface area (Å²) in [5, 5.41) is 10.2. The zero-order valence-corrected chi connectivity index (χ0v) is 34.5. The van der Waals surface area contributed by atoms with Crippen LogP contribution in [0.3, 0.4) is 0 Å². The second-order valence-electron chi connectivity index (χ2n) is 16.8. The van der Waals surface area contributed by atoms with Crippen molar-refractivity contribution in [1.82, 2.24) is 14.1 Å². The number of benzene rings is 8. The Balaban J connectivity index is 0.943. The Morgan fingerprint density at radius 1 is 0.476 bits per heavy atom. The fourth-order valence-electron chi connectivity index (χ4n) is 10.3. The van der Waals surface area contributed by atoms with Crippen LogP contribution in [0.15, 0.2) is 206 Å². The fourth-order valence-corrected chi connectivity index (χ4v) is 10.3. The molecule has 0 radical (unpaired) electrons. The van der Waals surface area contributed by atoms with E-state index in [1.807, 2.05) is 6.20 Å². The minimum Gasteiger partial charge on any atom is -0.358 e. The molecule has 13 rings (SSSR count). The maximum absolute atomic E-state index is 5.13. The van der Waals surface area contributed by atoms with Gasteiger partial charge in [0, 0.05) is 50.7 Å². The summed E-state index contributed by atoms with van der Waals surface area (Å²) >= 11 is 0. The first kappa shape index (κ1) is 35.6. The predicted octanol–water partition coefficient (Wildman–Crippen LogP) is 14.8. The molecule has 1 atom stereocenters. The topological polar surface area (TPSA) is 38.0 Å². The van der Waals surface area contributed by atoms with Gasteiger partial charge in [-0.2, -0.15) is 0 Å². The van der Waals surface area contributed by atoms with Gasteiger partial charge in [-0.3, -0.25) is 4.90 Å². The van der Waals surface area contributed by atoms with Crippen LogP contribution in [0.1, 0.15) is 29.4 Å². The van der Waals surface area contributed by atoms with Crippen LogP contribution in [0.5, 0.6) is 0 Å². The molecule has 1 N–H and O–H groups in total. The van der Waals surface area contributed by atoms with Crippen LogP contribution in [0.25, 0.3) is 83.2 Å². The van der Waals surface area contributed by atoms with E-state index in [0.717, 1.165) is 69.2 Å². The maximum Gasteiger partial charge on any atom is 0.158 e. The van der Waals surface area contributed by atoms with Gasteiger partial charge in [0.2, 0.25) is 0 Å². The third-order valence-corrected chi connectivity index (χ3v) is 13.2. The van der Waals surface area contributed by atoms with E-state index in [-0.39, 0.29) is 6.17 Å². The second kappa shape index (κ2) is 14.2. The van der Waals surface area contributed by atoms with Crippen molar-refractivity contribution in [3.8, 4) is 33.6 Å². The summed E-state index contributed by atoms with van der Waals surface area (Å²) in [5.41, 5.74) is 16.4. The number of nitrogens with one attached hydrogen (secondary N) is 1. The van der Waals surface area contributed by atoms with Crippen molar-refractivity contribution in [2.75, 3.05) is 10.2 Å². The molecule has 8 aromatic carbocycles. The molecule has 0 spiro atoms. The quantitative estimate of drug-likeness (QED) is 0.182. The molecule has 0 saturated heterocycles. The Morgan fingerprint density at radius 3 is 1.87 bits per heavy atom. The molecule has 2 aliphatic rings. The second-order valence-corrected chi connectivity index (χ2v) is 16.8. The van der Waals surface area contributed by atoms with Crippen molar-refractivity contribution >= 4 is 66.7 Å². The van der Waals surface area contributed by atoms with Gasteiger partial charge in [0.25, 0.3) is 0 Å². The summed E-state index contributed by atoms with van der Waals surface area (Å²) < 4.78 is 4.92. The molecule has 1 unspecified atom stereocenters. The molecule has 63 heavy (non-hydrogen) atoms. The number of nitrogens with zero attached hydrogens (tertiary/aromatic N) is 4. The van der Waals surface area contributed by atoms with Crippen LogP contribution in [0, 0.1) is 0 Å². The van der Waals surface area contributed by atoms with Crippen LogP contribution in [-0.2, 0) is 6.42 Å². The summed E-state index contributed by atoms with van der Waals surface area (Å²) in [6.07, 6.45) is 8.60. The van der Waals surface area contributed by atoms with Gasteiger partial charge in [-0.1, -0.05) is 140 Å². The summed E-state index contributed by atoms with van der Waals surface area (Å²) in [6, 6.07) is 70.7. The number of hydrogen-bond acceptors (Lipinski definition) is 3. The number of pyridine rings is 1. The van der Waals surface area contributed by atoms with Crippen LogP contribution >= 0.6 is 0 Å². The number of aryl methyl sites for hydroxylation is 1. The zero-order valence-electron chi connectivity index (χ0n) is 34.5. The highest BCUT2D eigenvalue weighted by atomic mass is 15.4. The van der Waals surface area contributed by atoms with Crippen molar-refractivity contribution in [2.45, 2.75) is 19.0 Å². The molecular weight excluding hydrogens is 767 g/mol. The smallest absolute Gasteiger partial charge is 0.158 e. The Bertz CT molecular complexity index is 3560. The van der Waals surface area contributed by atoms with E-state index in [2.05, 4.69) is 226 Å². The van der Waals surface area contributed by atoms with E-state index < -0.39 is 0 Å². The number of para-hydroxylation sites is 4. The average Bonchev–Trinajstić information content (AvgIpc) is 4.02. The standard InChI is InChI=1S/C58H41N5/c1-2-16-45(17-3-1)63-57(60-52-35-44(37-59-58(52)63)42-31-28-38-14-4-5-15-41(38)32-42)40-29-26-39(27-30-40)43-33-46(61-53-22-10-6-18-48(53)49-19-7-11-23-54(49)61)36-47(34-43)62-55-24-12-8-20-50(55)51-21-9-13-25-56(51)62/h1-8,10-20,22-37,57,60H,9,21H2. The molecule has 0 saturated carbocycles. The van der Waals surface area contributed by atoms with E-state index >= 15 is 0 Å². The lowest BCUT2D eigenvalue weighted by molar-refractivity contribution is 0.820. The van der Waals surface area contributed by atoms with Crippen LogP contribution in [-0.4, -0.2) is 14.1 Å².